The third kappa shape index (κ3) is 7.77. The Morgan fingerprint density at radius 3 is 2.45 bits per heavy atom. The van der Waals surface area contributed by atoms with Crippen LogP contribution in [0.4, 0.5) is 4.79 Å². The molecule has 3 aromatic carbocycles. The van der Waals surface area contributed by atoms with Gasteiger partial charge in [0.05, 0.1) is 24.8 Å². The van der Waals surface area contributed by atoms with Crippen LogP contribution >= 0.6 is 11.6 Å². The molecule has 0 unspecified atom stereocenters. The lowest BCUT2D eigenvalue weighted by atomic mass is 9.87. The van der Waals surface area contributed by atoms with Crippen LogP contribution < -0.4 is 4.74 Å². The van der Waals surface area contributed by atoms with Crippen LogP contribution in [0.3, 0.4) is 0 Å². The highest BCUT2D eigenvalue weighted by atomic mass is 35.5. The number of rotatable bonds is 8. The van der Waals surface area contributed by atoms with Crippen LogP contribution in [-0.2, 0) is 22.3 Å². The van der Waals surface area contributed by atoms with Crippen molar-refractivity contribution in [2.45, 2.75) is 64.7 Å². The van der Waals surface area contributed by atoms with Gasteiger partial charge in [0.25, 0.3) is 0 Å². The van der Waals surface area contributed by atoms with Crippen LogP contribution in [0.15, 0.2) is 66.7 Å². The van der Waals surface area contributed by atoms with E-state index in [1.807, 2.05) is 39.0 Å². The van der Waals surface area contributed by atoms with E-state index in [0.717, 1.165) is 18.4 Å². The maximum atomic E-state index is 13.3. The largest absolute Gasteiger partial charge is 0.462 e. The van der Waals surface area contributed by atoms with Crippen molar-refractivity contribution >= 4 is 23.7 Å². The summed E-state index contributed by atoms with van der Waals surface area (Å²) in [5, 5.41) is 11.6. The molecule has 7 nitrogen and oxygen atoms in total. The zero-order chi connectivity index (χ0) is 28.9. The zero-order valence-electron chi connectivity index (χ0n) is 23.4. The van der Waals surface area contributed by atoms with Gasteiger partial charge in [-0.1, -0.05) is 35.9 Å². The summed E-state index contributed by atoms with van der Waals surface area (Å²) in [5.41, 5.74) is 2.67. The van der Waals surface area contributed by atoms with E-state index in [2.05, 4.69) is 0 Å². The van der Waals surface area contributed by atoms with E-state index in [-0.39, 0.29) is 12.6 Å². The minimum absolute atomic E-state index is 0.0907. The van der Waals surface area contributed by atoms with E-state index in [0.29, 0.717) is 40.7 Å². The average Bonchev–Trinajstić information content (AvgIpc) is 2.91. The maximum Gasteiger partial charge on any atom is 0.410 e. The Morgan fingerprint density at radius 1 is 1.02 bits per heavy atom. The number of ether oxygens (including phenoxy) is 3. The summed E-state index contributed by atoms with van der Waals surface area (Å²) in [6, 6.07) is 19.6. The van der Waals surface area contributed by atoms with E-state index >= 15 is 0 Å². The molecule has 0 fully saturated rings. The normalized spacial score (nSPS) is 15.5. The van der Waals surface area contributed by atoms with E-state index in [4.69, 9.17) is 25.8 Å². The molecule has 4 rings (SSSR count). The van der Waals surface area contributed by atoms with Gasteiger partial charge in [-0.15, -0.1) is 0 Å². The molecule has 8 heteroatoms. The van der Waals surface area contributed by atoms with Crippen molar-refractivity contribution in [3.63, 3.8) is 0 Å². The molecule has 1 N–H and O–H groups in total. The molecule has 0 saturated heterocycles. The molecule has 2 atom stereocenters. The standard InChI is InChI=1S/C32H36ClNO6/c1-5-38-30(36)23-7-6-8-27(18-23)39-28-16-12-21-11-15-26(17-24(21)19-28)34(31(37)40-32(2,3)4)20-29(35)22-9-13-25(33)14-10-22/h6-10,12-14,16,18-19,26,29,35H,5,11,15,17,20H2,1-4H3/t26-,29+/m0/s1. The quantitative estimate of drug-likeness (QED) is 0.292. The number of carbonyl (C=O) groups excluding carboxylic acids is 2. The van der Waals surface area contributed by atoms with Crippen LogP contribution in [0.2, 0.25) is 5.02 Å². The number of carbonyl (C=O) groups is 2. The number of esters is 1. The van der Waals surface area contributed by atoms with Gasteiger partial charge >= 0.3 is 12.1 Å². The number of halogens is 1. The number of aliphatic hydroxyl groups excluding tert-OH is 1. The van der Waals surface area contributed by atoms with Crippen LogP contribution in [-0.4, -0.2) is 46.9 Å². The van der Waals surface area contributed by atoms with Crippen LogP contribution in [0.1, 0.15) is 67.3 Å². The van der Waals surface area contributed by atoms with Crippen molar-refractivity contribution in [1.82, 2.24) is 4.90 Å². The fourth-order valence-electron chi connectivity index (χ4n) is 4.75. The molecule has 0 spiro atoms. The molecular formula is C32H36ClNO6. The van der Waals surface area contributed by atoms with Crippen molar-refractivity contribution < 1.29 is 28.9 Å². The fraction of sp³-hybridized carbons (Fsp3) is 0.375. The van der Waals surface area contributed by atoms with Crippen LogP contribution in [0.25, 0.3) is 0 Å². The first kappa shape index (κ1) is 29.4. The Kier molecular flexibility index (Phi) is 9.38. The first-order valence-electron chi connectivity index (χ1n) is 13.5. The Labute approximate surface area is 240 Å². The molecule has 0 heterocycles. The molecule has 1 aliphatic rings. The first-order valence-corrected chi connectivity index (χ1v) is 13.9. The molecule has 40 heavy (non-hydrogen) atoms. The predicted octanol–water partition coefficient (Wildman–Crippen LogP) is 7.14. The van der Waals surface area contributed by atoms with Gasteiger partial charge in [-0.25, -0.2) is 9.59 Å². The van der Waals surface area contributed by atoms with Gasteiger partial charge < -0.3 is 24.2 Å². The summed E-state index contributed by atoms with van der Waals surface area (Å²) < 4.78 is 16.9. The van der Waals surface area contributed by atoms with Crippen molar-refractivity contribution in [3.8, 4) is 11.5 Å². The highest BCUT2D eigenvalue weighted by molar-refractivity contribution is 6.30. The molecule has 0 aromatic heterocycles. The number of amides is 1. The zero-order valence-corrected chi connectivity index (χ0v) is 24.1. The van der Waals surface area contributed by atoms with E-state index < -0.39 is 23.8 Å². The third-order valence-corrected chi connectivity index (χ3v) is 6.91. The molecule has 1 amide bonds. The van der Waals surface area contributed by atoms with Crippen molar-refractivity contribution in [2.24, 2.45) is 0 Å². The SMILES string of the molecule is CCOC(=O)c1cccc(Oc2ccc3c(c2)C[C@@H](N(C[C@@H](O)c2ccc(Cl)cc2)C(=O)OC(C)(C)C)CC3)c1. The molecular weight excluding hydrogens is 530 g/mol. The van der Waals surface area contributed by atoms with Gasteiger partial charge in [0.2, 0.25) is 0 Å². The Bertz CT molecular complexity index is 1330. The minimum atomic E-state index is -0.896. The molecule has 0 saturated carbocycles. The Balaban J connectivity index is 1.54. The van der Waals surface area contributed by atoms with Gasteiger partial charge in [-0.05, 0) is 106 Å². The molecule has 0 radical (unpaired) electrons. The lowest BCUT2D eigenvalue weighted by Gasteiger charge is -2.37. The highest BCUT2D eigenvalue weighted by Crippen LogP contribution is 2.32. The van der Waals surface area contributed by atoms with Gasteiger partial charge in [-0.3, -0.25) is 0 Å². The summed E-state index contributed by atoms with van der Waals surface area (Å²) in [5.74, 6) is 0.758. The molecule has 212 valence electrons. The number of fused-ring (bicyclic) bond motifs is 1. The summed E-state index contributed by atoms with van der Waals surface area (Å²) in [4.78, 5) is 27.1. The summed E-state index contributed by atoms with van der Waals surface area (Å²) >= 11 is 6.02. The van der Waals surface area contributed by atoms with Crippen molar-refractivity contribution in [2.75, 3.05) is 13.2 Å². The molecule has 1 aliphatic carbocycles. The van der Waals surface area contributed by atoms with Gasteiger partial charge in [-0.2, -0.15) is 0 Å². The van der Waals surface area contributed by atoms with Crippen LogP contribution in [0, 0.1) is 0 Å². The predicted molar refractivity (Wildman–Crippen MR) is 154 cm³/mol. The number of nitrogens with zero attached hydrogens (tertiary/aromatic N) is 1. The second-order valence-electron chi connectivity index (χ2n) is 10.9. The number of aliphatic hydroxyl groups is 1. The molecule has 0 aliphatic heterocycles. The monoisotopic (exact) mass is 565 g/mol. The van der Waals surface area contributed by atoms with E-state index in [9.17, 15) is 14.7 Å². The second kappa shape index (κ2) is 12.7. The highest BCUT2D eigenvalue weighted by Gasteiger charge is 2.33. The van der Waals surface area contributed by atoms with Crippen molar-refractivity contribution in [1.29, 1.82) is 0 Å². The smallest absolute Gasteiger partial charge is 0.410 e. The number of hydrogen-bond acceptors (Lipinski definition) is 6. The summed E-state index contributed by atoms with van der Waals surface area (Å²) in [6.07, 6.45) is 0.739. The van der Waals surface area contributed by atoms with Gasteiger partial charge in [0, 0.05) is 11.1 Å². The summed E-state index contributed by atoms with van der Waals surface area (Å²) in [6.45, 7) is 7.64. The van der Waals surface area contributed by atoms with Gasteiger partial charge in [0.15, 0.2) is 0 Å². The average molecular weight is 566 g/mol. The lowest BCUT2D eigenvalue weighted by molar-refractivity contribution is 0.00194. The number of hydrogen-bond donors (Lipinski definition) is 1. The minimum Gasteiger partial charge on any atom is -0.462 e. The first-order chi connectivity index (χ1) is 19.0. The van der Waals surface area contributed by atoms with Gasteiger partial charge in [0.1, 0.15) is 17.1 Å². The Morgan fingerprint density at radius 2 is 1.75 bits per heavy atom. The van der Waals surface area contributed by atoms with E-state index in [1.54, 1.807) is 60.4 Å². The third-order valence-electron chi connectivity index (χ3n) is 6.65. The summed E-state index contributed by atoms with van der Waals surface area (Å²) in [7, 11) is 0. The number of aryl methyl sites for hydroxylation is 1. The molecule has 0 bridgehead atoms. The Hall–Kier alpha value is -3.55. The fourth-order valence-corrected chi connectivity index (χ4v) is 4.88. The second-order valence-corrected chi connectivity index (χ2v) is 11.3. The lowest BCUT2D eigenvalue weighted by Crippen LogP contribution is -2.47. The topological polar surface area (TPSA) is 85.3 Å². The molecule has 3 aromatic rings. The van der Waals surface area contributed by atoms with Crippen molar-refractivity contribution in [3.05, 3.63) is 94.0 Å². The van der Waals surface area contributed by atoms with Crippen LogP contribution in [0.5, 0.6) is 11.5 Å². The van der Waals surface area contributed by atoms with E-state index in [1.165, 1.54) is 5.56 Å². The maximum absolute atomic E-state index is 13.3. The number of benzene rings is 3.